The highest BCUT2D eigenvalue weighted by molar-refractivity contribution is 6.31. The van der Waals surface area contributed by atoms with Gasteiger partial charge >= 0.3 is 0 Å². The number of halogens is 1. The van der Waals surface area contributed by atoms with E-state index in [0.717, 1.165) is 11.1 Å². The quantitative estimate of drug-likeness (QED) is 0.611. The number of ether oxygens (including phenoxy) is 2. The van der Waals surface area contributed by atoms with E-state index < -0.39 is 5.91 Å². The molecule has 7 heteroatoms. The van der Waals surface area contributed by atoms with Crippen molar-refractivity contribution in [2.24, 2.45) is 5.10 Å². The number of rotatable bonds is 6. The van der Waals surface area contributed by atoms with Gasteiger partial charge in [-0.05, 0) is 37.1 Å². The Morgan fingerprint density at radius 1 is 1.32 bits per heavy atom. The number of hydrazone groups is 1. The number of phenolic OH excluding ortho intramolecular Hbond substituents is 1. The smallest absolute Gasteiger partial charge is 0.277 e. The number of carbonyl (C=O) groups is 1. The topological polar surface area (TPSA) is 80.2 Å². The maximum Gasteiger partial charge on any atom is 0.277 e. The molecule has 2 N–H and O–H groups in total. The lowest BCUT2D eigenvalue weighted by molar-refractivity contribution is -0.123. The van der Waals surface area contributed by atoms with Gasteiger partial charge in [0.15, 0.2) is 18.1 Å². The van der Waals surface area contributed by atoms with Crippen LogP contribution in [0, 0.1) is 13.8 Å². The molecule has 0 aromatic heterocycles. The van der Waals surface area contributed by atoms with Gasteiger partial charge in [0.25, 0.3) is 5.91 Å². The van der Waals surface area contributed by atoms with Gasteiger partial charge in [-0.1, -0.05) is 23.7 Å². The molecule has 0 saturated heterocycles. The van der Waals surface area contributed by atoms with Crippen molar-refractivity contribution in [2.75, 3.05) is 13.7 Å². The number of phenols is 1. The van der Waals surface area contributed by atoms with Crippen molar-refractivity contribution < 1.29 is 19.4 Å². The average Bonchev–Trinajstić information content (AvgIpc) is 2.58. The summed E-state index contributed by atoms with van der Waals surface area (Å²) in [6, 6.07) is 8.61. The molecule has 25 heavy (non-hydrogen) atoms. The van der Waals surface area contributed by atoms with Crippen LogP contribution in [0.15, 0.2) is 35.4 Å². The fourth-order valence-electron chi connectivity index (χ4n) is 2.08. The predicted octanol–water partition coefficient (Wildman–Crippen LogP) is 3.20. The lowest BCUT2D eigenvalue weighted by Gasteiger charge is -2.10. The fourth-order valence-corrected chi connectivity index (χ4v) is 2.30. The molecular weight excluding hydrogens is 344 g/mol. The number of hydrogen-bond acceptors (Lipinski definition) is 5. The zero-order valence-corrected chi connectivity index (χ0v) is 14.9. The number of benzene rings is 2. The summed E-state index contributed by atoms with van der Waals surface area (Å²) < 4.78 is 10.5. The van der Waals surface area contributed by atoms with Gasteiger partial charge in [0.1, 0.15) is 5.75 Å². The van der Waals surface area contributed by atoms with Crippen molar-refractivity contribution in [3.8, 4) is 17.2 Å². The molecule has 0 aliphatic rings. The molecule has 0 bridgehead atoms. The van der Waals surface area contributed by atoms with Gasteiger partial charge in [-0.3, -0.25) is 4.79 Å². The molecule has 0 heterocycles. The highest BCUT2D eigenvalue weighted by Gasteiger charge is 2.09. The predicted molar refractivity (Wildman–Crippen MR) is 96.8 cm³/mol. The first-order valence-electron chi connectivity index (χ1n) is 7.49. The van der Waals surface area contributed by atoms with E-state index in [4.69, 9.17) is 21.1 Å². The summed E-state index contributed by atoms with van der Waals surface area (Å²) in [5.74, 6) is 0.331. The minimum atomic E-state index is -0.425. The molecule has 0 spiro atoms. The Morgan fingerprint density at radius 2 is 2.08 bits per heavy atom. The Bertz CT molecular complexity index is 806. The first kappa shape index (κ1) is 18.6. The number of hydrogen-bond donors (Lipinski definition) is 2. The van der Waals surface area contributed by atoms with Crippen molar-refractivity contribution in [3.63, 3.8) is 0 Å². The normalized spacial score (nSPS) is 10.7. The minimum Gasteiger partial charge on any atom is -0.504 e. The second-order valence-electron chi connectivity index (χ2n) is 5.33. The van der Waals surface area contributed by atoms with Gasteiger partial charge < -0.3 is 14.6 Å². The first-order valence-corrected chi connectivity index (χ1v) is 7.87. The number of amides is 1. The van der Waals surface area contributed by atoms with Gasteiger partial charge in [0, 0.05) is 16.7 Å². The number of aryl methyl sites for hydroxylation is 1. The van der Waals surface area contributed by atoms with Crippen molar-refractivity contribution in [2.45, 2.75) is 13.8 Å². The molecule has 0 aliphatic heterocycles. The molecule has 2 aromatic rings. The fraction of sp³-hybridized carbons (Fsp3) is 0.222. The van der Waals surface area contributed by atoms with Crippen LogP contribution in [0.3, 0.4) is 0 Å². The Kier molecular flexibility index (Phi) is 6.25. The summed E-state index contributed by atoms with van der Waals surface area (Å²) in [7, 11) is 1.42. The van der Waals surface area contributed by atoms with Crippen LogP contribution in [0.25, 0.3) is 0 Å². The molecule has 0 radical (unpaired) electrons. The summed E-state index contributed by atoms with van der Waals surface area (Å²) in [4.78, 5) is 11.8. The molecule has 1 amide bonds. The summed E-state index contributed by atoms with van der Waals surface area (Å²) in [6.45, 7) is 3.72. The van der Waals surface area contributed by atoms with E-state index in [-0.39, 0.29) is 18.1 Å². The molecule has 0 saturated carbocycles. The first-order chi connectivity index (χ1) is 11.9. The summed E-state index contributed by atoms with van der Waals surface area (Å²) in [5.41, 5.74) is 4.72. The van der Waals surface area contributed by atoms with Crippen LogP contribution in [-0.4, -0.2) is 30.9 Å². The van der Waals surface area contributed by atoms with Crippen molar-refractivity contribution in [1.82, 2.24) is 5.43 Å². The number of aromatic hydroxyl groups is 1. The molecule has 132 valence electrons. The Morgan fingerprint density at radius 3 is 2.80 bits per heavy atom. The molecule has 0 unspecified atom stereocenters. The van der Waals surface area contributed by atoms with Gasteiger partial charge in [-0.15, -0.1) is 0 Å². The van der Waals surface area contributed by atoms with E-state index in [1.54, 1.807) is 6.07 Å². The third-order valence-corrected chi connectivity index (χ3v) is 3.81. The van der Waals surface area contributed by atoms with E-state index in [9.17, 15) is 9.90 Å². The van der Waals surface area contributed by atoms with Crippen LogP contribution < -0.4 is 14.9 Å². The Balaban J connectivity index is 1.95. The molecule has 2 rings (SSSR count). The number of carbonyl (C=O) groups excluding carboxylic acids is 1. The van der Waals surface area contributed by atoms with Gasteiger partial charge in [0.2, 0.25) is 0 Å². The van der Waals surface area contributed by atoms with Crippen LogP contribution in [0.2, 0.25) is 5.02 Å². The monoisotopic (exact) mass is 362 g/mol. The highest BCUT2D eigenvalue weighted by atomic mass is 35.5. The molecule has 2 aromatic carbocycles. The Hall–Kier alpha value is -2.73. The largest absolute Gasteiger partial charge is 0.504 e. The van der Waals surface area contributed by atoms with Crippen molar-refractivity contribution in [3.05, 3.63) is 52.0 Å². The molecule has 6 nitrogen and oxygen atoms in total. The van der Waals surface area contributed by atoms with E-state index in [1.165, 1.54) is 25.5 Å². The van der Waals surface area contributed by atoms with Crippen molar-refractivity contribution >= 4 is 23.7 Å². The lowest BCUT2D eigenvalue weighted by atomic mass is 10.1. The molecular formula is C18H19ClN2O4. The van der Waals surface area contributed by atoms with Crippen LogP contribution >= 0.6 is 11.6 Å². The molecule has 0 aliphatic carbocycles. The van der Waals surface area contributed by atoms with Crippen molar-refractivity contribution in [1.29, 1.82) is 0 Å². The van der Waals surface area contributed by atoms with E-state index in [1.807, 2.05) is 26.0 Å². The minimum absolute atomic E-state index is 0.114. The van der Waals surface area contributed by atoms with E-state index >= 15 is 0 Å². The van der Waals surface area contributed by atoms with Crippen LogP contribution in [0.1, 0.15) is 16.7 Å². The van der Waals surface area contributed by atoms with Crippen LogP contribution in [-0.2, 0) is 4.79 Å². The average molecular weight is 363 g/mol. The SMILES string of the molecule is COc1cc(Cl)cc(/C=N/NC(=O)COc2cccc(C)c2C)c1O. The van der Waals surface area contributed by atoms with Crippen LogP contribution in [0.4, 0.5) is 0 Å². The summed E-state index contributed by atoms with van der Waals surface area (Å²) in [6.07, 6.45) is 1.28. The van der Waals surface area contributed by atoms with Gasteiger partial charge in [0.05, 0.1) is 13.3 Å². The lowest BCUT2D eigenvalue weighted by Crippen LogP contribution is -2.24. The molecule has 0 fully saturated rings. The Labute approximate surface area is 151 Å². The molecule has 0 atom stereocenters. The third-order valence-electron chi connectivity index (χ3n) is 3.60. The zero-order chi connectivity index (χ0) is 18.4. The number of nitrogens with zero attached hydrogens (tertiary/aromatic N) is 1. The maximum atomic E-state index is 11.8. The van der Waals surface area contributed by atoms with Gasteiger partial charge in [-0.2, -0.15) is 5.10 Å². The van der Waals surface area contributed by atoms with Gasteiger partial charge in [-0.25, -0.2) is 5.43 Å². The summed E-state index contributed by atoms with van der Waals surface area (Å²) >= 11 is 5.93. The second-order valence-corrected chi connectivity index (χ2v) is 5.76. The number of nitrogens with one attached hydrogen (secondary N) is 1. The standard InChI is InChI=1S/C18H19ClN2O4/c1-11-5-4-6-15(12(11)2)25-10-17(22)21-20-9-13-7-14(19)8-16(24-3)18(13)23/h4-9,23H,10H2,1-3H3,(H,21,22)/b20-9+. The maximum absolute atomic E-state index is 11.8. The number of methoxy groups -OCH3 is 1. The van der Waals surface area contributed by atoms with E-state index in [0.29, 0.717) is 16.3 Å². The second kappa shape index (κ2) is 8.39. The van der Waals surface area contributed by atoms with Crippen LogP contribution in [0.5, 0.6) is 17.2 Å². The highest BCUT2D eigenvalue weighted by Crippen LogP contribution is 2.32. The third kappa shape index (κ3) is 4.87. The zero-order valence-electron chi connectivity index (χ0n) is 14.2. The van der Waals surface area contributed by atoms with E-state index in [2.05, 4.69) is 10.5 Å². The summed E-state index contributed by atoms with van der Waals surface area (Å²) in [5, 5.41) is 14.1.